The lowest BCUT2D eigenvalue weighted by Crippen LogP contribution is -2.30. The molecule has 0 aliphatic heterocycles. The van der Waals surface area contributed by atoms with Gasteiger partial charge in [-0.25, -0.2) is 0 Å². The number of hydrogen-bond donors (Lipinski definition) is 2. The zero-order chi connectivity index (χ0) is 33.1. The first-order valence-corrected chi connectivity index (χ1v) is 16.7. The van der Waals surface area contributed by atoms with Crippen molar-refractivity contribution in [3.05, 3.63) is 174 Å². The largest absolute Gasteiger partial charge is 0.384 e. The van der Waals surface area contributed by atoms with Gasteiger partial charge in [0.25, 0.3) is 0 Å². The van der Waals surface area contributed by atoms with Crippen molar-refractivity contribution in [1.29, 1.82) is 0 Å². The quantitative estimate of drug-likeness (QED) is 0.276. The van der Waals surface area contributed by atoms with Gasteiger partial charge in [0.15, 0.2) is 0 Å². The number of anilines is 1. The Bertz CT molecular complexity index is 1580. The van der Waals surface area contributed by atoms with Crippen molar-refractivity contribution in [3.8, 4) is 0 Å². The molecule has 0 heterocycles. The minimum absolute atomic E-state index is 0.384. The van der Waals surface area contributed by atoms with Crippen LogP contribution in [-0.2, 0) is 0 Å². The van der Waals surface area contributed by atoms with Gasteiger partial charge < -0.3 is 10.6 Å². The number of benzene rings is 2. The second-order valence-electron chi connectivity index (χ2n) is 12.3. The van der Waals surface area contributed by atoms with Gasteiger partial charge >= 0.3 is 0 Å². The van der Waals surface area contributed by atoms with Gasteiger partial charge in [-0.05, 0) is 82.4 Å². The molecule has 2 heteroatoms. The van der Waals surface area contributed by atoms with Crippen molar-refractivity contribution in [2.45, 2.75) is 71.4 Å². The molecule has 5 rings (SSSR count). The van der Waals surface area contributed by atoms with E-state index >= 15 is 0 Å². The van der Waals surface area contributed by atoms with Crippen molar-refractivity contribution in [2.24, 2.45) is 5.92 Å². The Kier molecular flexibility index (Phi) is 15.4. The Labute approximate surface area is 279 Å². The molecule has 240 valence electrons. The standard InChI is InChI=1S/2C19H23N.C6H8/c1-14(2)15-10-12-17(13-11-15)20-19-9-5-7-16-6-3-4-8-18(16)19;1-4-7-17-8-5-6-9-18(17)14-20-19-12-10-16(11-13-19)15(2)3;1-3-5-6-4-2/h4-5,7-8,10-14,19-20H,3,6,9H2,1-2H3;4-12,14-15,19-20H,1,13H2,2-3H3;3-6H,1-2H2/b;17-7-,18-14+;6-5-. The van der Waals surface area contributed by atoms with Crippen LogP contribution in [0.4, 0.5) is 5.69 Å². The summed E-state index contributed by atoms with van der Waals surface area (Å²) in [5.74, 6) is 1.20. The van der Waals surface area contributed by atoms with E-state index in [4.69, 9.17) is 0 Å². The van der Waals surface area contributed by atoms with E-state index < -0.39 is 0 Å². The summed E-state index contributed by atoms with van der Waals surface area (Å²) in [7, 11) is 0. The molecular formula is C44H54N2. The second-order valence-corrected chi connectivity index (χ2v) is 12.3. The Morgan fingerprint density at radius 1 is 0.761 bits per heavy atom. The Balaban J connectivity index is 0.000000213. The van der Waals surface area contributed by atoms with Crippen molar-refractivity contribution in [2.75, 3.05) is 5.32 Å². The highest BCUT2D eigenvalue weighted by atomic mass is 14.9. The number of allylic oxidation sites excluding steroid dienone is 10. The molecule has 0 bridgehead atoms. The van der Waals surface area contributed by atoms with Crippen LogP contribution in [0.1, 0.15) is 64.9 Å². The summed E-state index contributed by atoms with van der Waals surface area (Å²) in [6.45, 7) is 19.6. The molecule has 0 saturated carbocycles. The highest BCUT2D eigenvalue weighted by Gasteiger charge is 2.19. The van der Waals surface area contributed by atoms with Crippen molar-refractivity contribution >= 4 is 18.0 Å². The van der Waals surface area contributed by atoms with Crippen LogP contribution in [0, 0.1) is 5.92 Å². The summed E-state index contributed by atoms with van der Waals surface area (Å²) in [6.07, 6.45) is 33.6. The van der Waals surface area contributed by atoms with Crippen LogP contribution in [0.15, 0.2) is 158 Å². The molecule has 0 fully saturated rings. The summed E-state index contributed by atoms with van der Waals surface area (Å²) < 4.78 is 0. The van der Waals surface area contributed by atoms with Crippen LogP contribution in [0.5, 0.6) is 0 Å². The zero-order valence-corrected chi connectivity index (χ0v) is 28.5. The maximum Gasteiger partial charge on any atom is 0.0550 e. The fourth-order valence-corrected chi connectivity index (χ4v) is 5.46. The van der Waals surface area contributed by atoms with E-state index in [9.17, 15) is 0 Å². The van der Waals surface area contributed by atoms with E-state index in [0.717, 1.165) is 12.8 Å². The predicted molar refractivity (Wildman–Crippen MR) is 205 cm³/mol. The van der Waals surface area contributed by atoms with Gasteiger partial charge in [0, 0.05) is 17.9 Å². The van der Waals surface area contributed by atoms with Crippen molar-refractivity contribution < 1.29 is 0 Å². The molecule has 0 radical (unpaired) electrons. The molecule has 0 saturated heterocycles. The van der Waals surface area contributed by atoms with Crippen LogP contribution in [0.2, 0.25) is 0 Å². The third-order valence-corrected chi connectivity index (χ3v) is 8.16. The highest BCUT2D eigenvalue weighted by Crippen LogP contribution is 2.30. The normalized spacial score (nSPS) is 19.1. The fraction of sp³-hybridized carbons (Fsp3) is 0.273. The molecule has 2 nitrogen and oxygen atoms in total. The van der Waals surface area contributed by atoms with Crippen LogP contribution in [-0.4, -0.2) is 12.1 Å². The lowest BCUT2D eigenvalue weighted by atomic mass is 9.87. The van der Waals surface area contributed by atoms with Gasteiger partial charge in [-0.3, -0.25) is 0 Å². The molecule has 2 aromatic rings. The molecule has 2 atom stereocenters. The molecule has 2 aromatic carbocycles. The van der Waals surface area contributed by atoms with Gasteiger partial charge in [0.2, 0.25) is 0 Å². The molecule has 46 heavy (non-hydrogen) atoms. The van der Waals surface area contributed by atoms with Gasteiger partial charge in [-0.2, -0.15) is 0 Å². The summed E-state index contributed by atoms with van der Waals surface area (Å²) in [5.41, 5.74) is 7.04. The number of rotatable bonds is 9. The lowest BCUT2D eigenvalue weighted by molar-refractivity contribution is 0.698. The third kappa shape index (κ3) is 11.7. The van der Waals surface area contributed by atoms with Gasteiger partial charge in [-0.1, -0.05) is 163 Å². The summed E-state index contributed by atoms with van der Waals surface area (Å²) in [5, 5.41) is 9.55. The number of hydrogen-bond acceptors (Lipinski definition) is 2. The summed E-state index contributed by atoms with van der Waals surface area (Å²) in [6, 6.07) is 18.0. The zero-order valence-electron chi connectivity index (χ0n) is 28.5. The minimum atomic E-state index is 0.384. The smallest absolute Gasteiger partial charge is 0.0550 e. The molecular weight excluding hydrogens is 556 g/mol. The molecule has 2 N–H and O–H groups in total. The van der Waals surface area contributed by atoms with Gasteiger partial charge in [-0.15, -0.1) is 0 Å². The van der Waals surface area contributed by atoms with Crippen LogP contribution >= 0.6 is 0 Å². The highest BCUT2D eigenvalue weighted by molar-refractivity contribution is 5.52. The first kappa shape index (κ1) is 35.9. The monoisotopic (exact) mass is 610 g/mol. The van der Waals surface area contributed by atoms with Crippen LogP contribution in [0.3, 0.4) is 0 Å². The van der Waals surface area contributed by atoms with Crippen molar-refractivity contribution in [3.63, 3.8) is 0 Å². The van der Waals surface area contributed by atoms with E-state index in [1.807, 2.05) is 30.4 Å². The summed E-state index contributed by atoms with van der Waals surface area (Å²) >= 11 is 0. The molecule has 0 spiro atoms. The predicted octanol–water partition coefficient (Wildman–Crippen LogP) is 10.0. The summed E-state index contributed by atoms with van der Waals surface area (Å²) in [4.78, 5) is 0. The topological polar surface area (TPSA) is 24.1 Å². The van der Waals surface area contributed by atoms with E-state index in [-0.39, 0.29) is 0 Å². The van der Waals surface area contributed by atoms with E-state index in [2.05, 4.69) is 149 Å². The van der Waals surface area contributed by atoms with E-state index in [0.29, 0.717) is 23.9 Å². The van der Waals surface area contributed by atoms with Crippen LogP contribution < -0.4 is 21.1 Å². The first-order valence-electron chi connectivity index (χ1n) is 16.7. The Morgan fingerprint density at radius 3 is 2.09 bits per heavy atom. The minimum Gasteiger partial charge on any atom is -0.384 e. The molecule has 0 amide bonds. The fourth-order valence-electron chi connectivity index (χ4n) is 5.46. The third-order valence-electron chi connectivity index (χ3n) is 8.16. The van der Waals surface area contributed by atoms with E-state index in [1.54, 1.807) is 12.2 Å². The SMILES string of the molecule is C=C/C=C\C=C.C=C/C=c1/cccc/c1=C\NC1C=CC(C(C)C)=CC1.CC(C)c1ccc(NC2CC=CC3=C2C=CCC3)cc1. The average molecular weight is 611 g/mol. The van der Waals surface area contributed by atoms with Crippen LogP contribution in [0.25, 0.3) is 12.3 Å². The maximum absolute atomic E-state index is 3.76. The molecule has 0 aromatic heterocycles. The molecule has 3 aliphatic rings. The second kappa shape index (κ2) is 19.7. The Hall–Kier alpha value is -4.56. The van der Waals surface area contributed by atoms with Crippen molar-refractivity contribution in [1.82, 2.24) is 5.32 Å². The molecule has 3 aliphatic carbocycles. The maximum atomic E-state index is 3.76. The van der Waals surface area contributed by atoms with Gasteiger partial charge in [0.05, 0.1) is 6.04 Å². The first-order chi connectivity index (χ1) is 22.4. The lowest BCUT2D eigenvalue weighted by Gasteiger charge is -2.27. The Morgan fingerprint density at radius 2 is 1.48 bits per heavy atom. The van der Waals surface area contributed by atoms with E-state index in [1.165, 1.54) is 51.2 Å². The van der Waals surface area contributed by atoms with Gasteiger partial charge in [0.1, 0.15) is 0 Å². The average Bonchev–Trinajstić information content (AvgIpc) is 3.08. The molecule has 2 unspecified atom stereocenters. The number of nitrogens with one attached hydrogen (secondary N) is 2.